The first kappa shape index (κ1) is 22.5. The molecule has 0 rings (SSSR count). The average molecular weight is 364 g/mol. The minimum Gasteiger partial charge on any atom is -0.481 e. The third-order valence-electron chi connectivity index (χ3n) is 3.54. The van der Waals surface area contributed by atoms with Crippen LogP contribution >= 0.6 is 11.8 Å². The van der Waals surface area contributed by atoms with Crippen LogP contribution in [-0.2, 0) is 4.79 Å². The molecule has 0 saturated heterocycles. The molecular formula is C15H25F5O2S. The Bertz CT molecular complexity index is 334. The summed E-state index contributed by atoms with van der Waals surface area (Å²) in [7, 11) is 0. The lowest BCUT2D eigenvalue weighted by molar-refractivity contribution is -0.284. The first-order valence-corrected chi connectivity index (χ1v) is 9.02. The van der Waals surface area contributed by atoms with Gasteiger partial charge in [0.15, 0.2) is 0 Å². The zero-order valence-corrected chi connectivity index (χ0v) is 14.1. The lowest BCUT2D eigenvalue weighted by Gasteiger charge is -2.19. The van der Waals surface area contributed by atoms with Crippen LogP contribution in [0.15, 0.2) is 0 Å². The topological polar surface area (TPSA) is 37.3 Å². The maximum atomic E-state index is 12.6. The van der Waals surface area contributed by atoms with Crippen LogP contribution in [0.5, 0.6) is 0 Å². The summed E-state index contributed by atoms with van der Waals surface area (Å²) in [4.78, 5) is 11.0. The Morgan fingerprint density at radius 1 is 1.00 bits per heavy atom. The van der Waals surface area contributed by atoms with Crippen molar-refractivity contribution in [2.45, 2.75) is 70.4 Å². The first-order valence-electron chi connectivity index (χ1n) is 7.87. The van der Waals surface area contributed by atoms with Gasteiger partial charge in [-0.3, -0.25) is 4.79 Å². The monoisotopic (exact) mass is 364 g/mol. The predicted molar refractivity (Wildman–Crippen MR) is 82.1 cm³/mol. The number of carboxylic acid groups (broad SMARTS) is 1. The fraction of sp³-hybridized carbons (Fsp3) is 0.933. The van der Waals surface area contributed by atoms with Gasteiger partial charge in [-0.25, -0.2) is 0 Å². The van der Waals surface area contributed by atoms with E-state index in [9.17, 15) is 26.7 Å². The summed E-state index contributed by atoms with van der Waals surface area (Å²) in [6.45, 7) is 2.00. The van der Waals surface area contributed by atoms with E-state index in [4.69, 9.17) is 5.11 Å². The van der Waals surface area contributed by atoms with Crippen molar-refractivity contribution in [1.82, 2.24) is 0 Å². The number of rotatable bonds is 13. The number of halogens is 5. The first-order chi connectivity index (χ1) is 10.6. The highest BCUT2D eigenvalue weighted by atomic mass is 32.2. The van der Waals surface area contributed by atoms with Gasteiger partial charge in [0, 0.05) is 6.42 Å². The lowest BCUT2D eigenvalue weighted by Crippen LogP contribution is -2.36. The summed E-state index contributed by atoms with van der Waals surface area (Å²) in [5.41, 5.74) is 0. The van der Waals surface area contributed by atoms with Gasteiger partial charge in [0.1, 0.15) is 0 Å². The normalized spacial score (nSPS) is 14.0. The Labute approximate surface area is 138 Å². The van der Waals surface area contributed by atoms with E-state index in [2.05, 4.69) is 0 Å². The summed E-state index contributed by atoms with van der Waals surface area (Å²) in [5, 5.41) is 9.05. The summed E-state index contributed by atoms with van der Waals surface area (Å²) in [6, 6.07) is 0. The fourth-order valence-corrected chi connectivity index (χ4v) is 3.04. The zero-order valence-electron chi connectivity index (χ0n) is 13.3. The number of hydrogen-bond donors (Lipinski definition) is 1. The van der Waals surface area contributed by atoms with Crippen molar-refractivity contribution in [3.63, 3.8) is 0 Å². The number of carboxylic acids is 1. The summed E-state index contributed by atoms with van der Waals surface area (Å²) in [5.74, 6) is -4.84. The van der Waals surface area contributed by atoms with Crippen LogP contribution in [0, 0.1) is 5.92 Å². The highest BCUT2D eigenvalue weighted by Crippen LogP contribution is 2.39. The van der Waals surface area contributed by atoms with Crippen LogP contribution in [0.3, 0.4) is 0 Å². The van der Waals surface area contributed by atoms with Crippen LogP contribution < -0.4 is 0 Å². The van der Waals surface area contributed by atoms with Gasteiger partial charge in [-0.2, -0.15) is 33.7 Å². The van der Waals surface area contributed by atoms with E-state index >= 15 is 0 Å². The van der Waals surface area contributed by atoms with Gasteiger partial charge in [0.25, 0.3) is 0 Å². The SMILES string of the molecule is CCCCC(CCCCSCCCC(F)(F)C(F)(F)F)C(=O)O. The average Bonchev–Trinajstić information content (AvgIpc) is 2.43. The third-order valence-corrected chi connectivity index (χ3v) is 4.70. The van der Waals surface area contributed by atoms with Gasteiger partial charge in [-0.05, 0) is 37.2 Å². The minimum absolute atomic E-state index is 0.189. The molecule has 0 fully saturated rings. The Balaban J connectivity index is 3.68. The molecule has 8 heteroatoms. The molecule has 0 saturated carbocycles. The molecule has 0 aliphatic heterocycles. The molecule has 0 aromatic heterocycles. The number of thioether (sulfide) groups is 1. The second kappa shape index (κ2) is 11.1. The largest absolute Gasteiger partial charge is 0.481 e. The Kier molecular flexibility index (Phi) is 10.8. The van der Waals surface area contributed by atoms with Crippen molar-refractivity contribution in [1.29, 1.82) is 0 Å². The van der Waals surface area contributed by atoms with Gasteiger partial charge in [-0.1, -0.05) is 26.2 Å². The highest BCUT2D eigenvalue weighted by Gasteiger charge is 2.56. The van der Waals surface area contributed by atoms with Crippen LogP contribution in [0.4, 0.5) is 22.0 Å². The number of alkyl halides is 5. The Morgan fingerprint density at radius 2 is 1.57 bits per heavy atom. The maximum Gasteiger partial charge on any atom is 0.453 e. The van der Waals surface area contributed by atoms with Crippen LogP contribution in [0.1, 0.15) is 58.3 Å². The predicted octanol–water partition coefficient (Wildman–Crippen LogP) is 5.76. The number of aliphatic carboxylic acids is 1. The molecular weight excluding hydrogens is 339 g/mol. The lowest BCUT2D eigenvalue weighted by atomic mass is 9.96. The summed E-state index contributed by atoms with van der Waals surface area (Å²) >= 11 is 1.33. The molecule has 1 N–H and O–H groups in total. The molecule has 23 heavy (non-hydrogen) atoms. The van der Waals surface area contributed by atoms with E-state index in [-0.39, 0.29) is 18.1 Å². The van der Waals surface area contributed by atoms with Gasteiger partial charge in [0.05, 0.1) is 5.92 Å². The van der Waals surface area contributed by atoms with Gasteiger partial charge >= 0.3 is 18.1 Å². The van der Waals surface area contributed by atoms with Crippen LogP contribution in [-0.4, -0.2) is 34.7 Å². The molecule has 0 aliphatic carbocycles. The van der Waals surface area contributed by atoms with E-state index in [0.717, 1.165) is 25.7 Å². The number of hydrogen-bond acceptors (Lipinski definition) is 2. The van der Waals surface area contributed by atoms with Crippen molar-refractivity contribution >= 4 is 17.7 Å². The quantitative estimate of drug-likeness (QED) is 0.333. The Morgan fingerprint density at radius 3 is 2.09 bits per heavy atom. The van der Waals surface area contributed by atoms with E-state index in [1.807, 2.05) is 6.92 Å². The smallest absolute Gasteiger partial charge is 0.453 e. The van der Waals surface area contributed by atoms with E-state index < -0.39 is 24.5 Å². The van der Waals surface area contributed by atoms with Crippen molar-refractivity contribution in [2.24, 2.45) is 5.92 Å². The fourth-order valence-electron chi connectivity index (χ4n) is 2.08. The van der Waals surface area contributed by atoms with Crippen LogP contribution in [0.25, 0.3) is 0 Å². The Hall–Kier alpha value is -0.530. The second-order valence-corrected chi connectivity index (χ2v) is 6.82. The van der Waals surface area contributed by atoms with E-state index in [1.165, 1.54) is 11.8 Å². The molecule has 138 valence electrons. The zero-order chi connectivity index (χ0) is 17.9. The molecule has 0 radical (unpaired) electrons. The highest BCUT2D eigenvalue weighted by molar-refractivity contribution is 7.99. The molecule has 0 aromatic carbocycles. The minimum atomic E-state index is -5.47. The second-order valence-electron chi connectivity index (χ2n) is 5.59. The van der Waals surface area contributed by atoms with E-state index in [0.29, 0.717) is 18.6 Å². The maximum absolute atomic E-state index is 12.6. The van der Waals surface area contributed by atoms with Crippen molar-refractivity contribution in [3.05, 3.63) is 0 Å². The third kappa shape index (κ3) is 10.0. The van der Waals surface area contributed by atoms with Gasteiger partial charge in [0.2, 0.25) is 0 Å². The summed E-state index contributed by atoms with van der Waals surface area (Å²) < 4.78 is 61.1. The molecule has 1 atom stereocenters. The molecule has 0 bridgehead atoms. The molecule has 0 aromatic rings. The summed E-state index contributed by atoms with van der Waals surface area (Å²) in [6.07, 6.45) is -2.30. The number of carbonyl (C=O) groups is 1. The number of unbranched alkanes of at least 4 members (excludes halogenated alkanes) is 2. The van der Waals surface area contributed by atoms with Crippen LogP contribution in [0.2, 0.25) is 0 Å². The standard InChI is InChI=1S/C15H25F5O2S/c1-2-3-7-12(13(21)22)8-4-5-10-23-11-6-9-14(16,17)15(18,19)20/h12H,2-11H2,1H3,(H,21,22). The van der Waals surface area contributed by atoms with Crippen molar-refractivity contribution < 1.29 is 31.9 Å². The molecule has 0 aliphatic rings. The van der Waals surface area contributed by atoms with Crippen molar-refractivity contribution in [2.75, 3.05) is 11.5 Å². The van der Waals surface area contributed by atoms with Gasteiger partial charge < -0.3 is 5.11 Å². The molecule has 2 nitrogen and oxygen atoms in total. The molecule has 0 amide bonds. The molecule has 1 unspecified atom stereocenters. The van der Waals surface area contributed by atoms with Gasteiger partial charge in [-0.15, -0.1) is 0 Å². The molecule has 0 spiro atoms. The van der Waals surface area contributed by atoms with E-state index in [1.54, 1.807) is 0 Å². The molecule has 0 heterocycles. The van der Waals surface area contributed by atoms with Crippen molar-refractivity contribution in [3.8, 4) is 0 Å².